The summed E-state index contributed by atoms with van der Waals surface area (Å²) in [4.78, 5) is 40.8. The van der Waals surface area contributed by atoms with Gasteiger partial charge in [0.1, 0.15) is 22.8 Å². The normalized spacial score (nSPS) is 18.5. The molecule has 44 heavy (non-hydrogen) atoms. The summed E-state index contributed by atoms with van der Waals surface area (Å²) in [6.45, 7) is 13.4. The van der Waals surface area contributed by atoms with Crippen molar-refractivity contribution in [3.63, 3.8) is 0 Å². The van der Waals surface area contributed by atoms with Crippen molar-refractivity contribution >= 4 is 29.0 Å². The number of ether oxygens (including phenoxy) is 1. The van der Waals surface area contributed by atoms with Gasteiger partial charge in [0.2, 0.25) is 0 Å². The number of nitrogens with one attached hydrogen (secondary N) is 2. The van der Waals surface area contributed by atoms with Crippen LogP contribution in [0.4, 0.5) is 5.82 Å². The molecule has 1 saturated heterocycles. The minimum atomic E-state index is -0.712. The van der Waals surface area contributed by atoms with E-state index in [9.17, 15) is 14.7 Å². The molecule has 1 aliphatic carbocycles. The van der Waals surface area contributed by atoms with Crippen LogP contribution in [0.15, 0.2) is 49.3 Å². The van der Waals surface area contributed by atoms with E-state index < -0.39 is 12.3 Å². The smallest absolute Gasteiger partial charge is 0.257 e. The van der Waals surface area contributed by atoms with E-state index in [1.807, 2.05) is 44.0 Å². The largest absolute Gasteiger partial charge is 0.481 e. The molecule has 1 aliphatic heterocycles. The number of amides is 2. The van der Waals surface area contributed by atoms with Crippen molar-refractivity contribution in [3.8, 4) is 5.75 Å². The number of aryl methyl sites for hydroxylation is 2. The number of pyridine rings is 1. The molecule has 3 atom stereocenters. The van der Waals surface area contributed by atoms with E-state index in [-0.39, 0.29) is 23.4 Å². The van der Waals surface area contributed by atoms with E-state index in [1.54, 1.807) is 36.7 Å². The quantitative estimate of drug-likeness (QED) is 0.192. The maximum Gasteiger partial charge on any atom is 0.257 e. The number of piperazine rings is 1. The Morgan fingerprint density at radius 1 is 1.20 bits per heavy atom. The van der Waals surface area contributed by atoms with Crippen molar-refractivity contribution in [2.45, 2.75) is 57.9 Å². The van der Waals surface area contributed by atoms with Crippen LogP contribution in [0, 0.1) is 20.4 Å². The number of rotatable bonds is 11. The molecule has 243 valence electrons. The van der Waals surface area contributed by atoms with E-state index in [1.165, 1.54) is 23.8 Å². The zero-order valence-corrected chi connectivity index (χ0v) is 28.3. The van der Waals surface area contributed by atoms with Crippen molar-refractivity contribution in [2.24, 2.45) is 0 Å². The first-order valence-electron chi connectivity index (χ1n) is 14.6. The van der Waals surface area contributed by atoms with Crippen molar-refractivity contribution in [1.82, 2.24) is 25.1 Å². The van der Waals surface area contributed by atoms with Gasteiger partial charge in [-0.1, -0.05) is 19.6 Å². The van der Waals surface area contributed by atoms with Crippen LogP contribution >= 0.6 is 11.3 Å². The maximum absolute atomic E-state index is 13.3. The molecule has 3 N–H and O–H groups in total. The maximum atomic E-state index is 13.3. The summed E-state index contributed by atoms with van der Waals surface area (Å²) >= 11 is 1.65. The summed E-state index contributed by atoms with van der Waals surface area (Å²) < 4.78 is 6.66. The first-order valence-corrected chi connectivity index (χ1v) is 15.4. The van der Waals surface area contributed by atoms with Gasteiger partial charge in [0, 0.05) is 43.0 Å². The molecule has 5 rings (SSSR count). The van der Waals surface area contributed by atoms with Crippen LogP contribution < -0.4 is 15.4 Å². The summed E-state index contributed by atoms with van der Waals surface area (Å²) in [5.41, 5.74) is 2.12. The average Bonchev–Trinajstić information content (AvgIpc) is 3.73. The topological polar surface area (TPSA) is 120 Å². The number of benzene rings is 1. The second kappa shape index (κ2) is 13.8. The molecule has 2 amide bonds. The number of nitrogens with zero attached hydrogens (tertiary/aromatic N) is 4. The van der Waals surface area contributed by atoms with Crippen molar-refractivity contribution in [3.05, 3.63) is 88.0 Å². The van der Waals surface area contributed by atoms with Crippen LogP contribution in [0.5, 0.6) is 5.75 Å². The van der Waals surface area contributed by atoms with Gasteiger partial charge >= 0.3 is 0 Å². The van der Waals surface area contributed by atoms with Gasteiger partial charge in [0.05, 0.1) is 5.56 Å². The number of carbonyl (C=O) groups is 2. The molecule has 12 heteroatoms. The molecular formula is C32H39LrN6O4S-. The summed E-state index contributed by atoms with van der Waals surface area (Å²) in [5, 5.41) is 16.7. The molecule has 2 aromatic heterocycles. The Hall–Kier alpha value is -4.64. The molecule has 10 nitrogen and oxygen atoms in total. The fourth-order valence-electron chi connectivity index (χ4n) is 5.24. The van der Waals surface area contributed by atoms with Crippen molar-refractivity contribution in [2.75, 3.05) is 32.0 Å². The van der Waals surface area contributed by atoms with Gasteiger partial charge in [-0.3, -0.25) is 9.59 Å². The molecule has 1 aromatic carbocycles. The Morgan fingerprint density at radius 2 is 1.98 bits per heavy atom. The molecule has 0 bridgehead atoms. The van der Waals surface area contributed by atoms with Crippen LogP contribution in [0.3, 0.4) is 0 Å². The molecule has 2 unspecified atom stereocenters. The van der Waals surface area contributed by atoms with Gasteiger partial charge in [-0.05, 0) is 74.6 Å². The van der Waals surface area contributed by atoms with Crippen LogP contribution in [0.2, 0.25) is 0 Å². The summed E-state index contributed by atoms with van der Waals surface area (Å²) in [6, 6.07) is 6.99. The summed E-state index contributed by atoms with van der Waals surface area (Å²) in [6.07, 6.45) is 6.27. The van der Waals surface area contributed by atoms with Crippen LogP contribution in [0.1, 0.15) is 73.5 Å². The van der Waals surface area contributed by atoms with Gasteiger partial charge in [-0.2, -0.15) is 0 Å². The van der Waals surface area contributed by atoms with Crippen LogP contribution in [-0.2, 0) is 0 Å². The van der Waals surface area contributed by atoms with Gasteiger partial charge in [0.15, 0.2) is 6.10 Å². The van der Waals surface area contributed by atoms with Gasteiger partial charge in [0.25, 0.3) is 11.8 Å². The minimum Gasteiger partial charge on any atom is -0.481 e. The summed E-state index contributed by atoms with van der Waals surface area (Å²) in [5.74, 6) is 0.692. The zero-order valence-electron chi connectivity index (χ0n) is 25.3. The third kappa shape index (κ3) is 7.11. The third-order valence-corrected chi connectivity index (χ3v) is 9.15. The van der Waals surface area contributed by atoms with E-state index in [4.69, 9.17) is 9.72 Å². The Kier molecular flexibility index (Phi) is 10.1. The molecule has 2 fully saturated rings. The SMILES string of the molecule is C=CC(O)N1CCN(CC(Oc2cc(C)c(C(=O)Nc3ncccc3C)cc2C(=O)NC)c2ncc(C3CC3)s2)[CH-][C@H]1C.[Lr]. The van der Waals surface area contributed by atoms with E-state index >= 15 is 0 Å². The van der Waals surface area contributed by atoms with Gasteiger partial charge in [-0.25, -0.2) is 16.5 Å². The Bertz CT molecular complexity index is 1500. The zero-order chi connectivity index (χ0) is 30.7. The Labute approximate surface area is 256 Å². The first-order chi connectivity index (χ1) is 20.7. The fourth-order valence-corrected chi connectivity index (χ4v) is 6.35. The number of aliphatic hydroxyl groups excluding tert-OH is 1. The number of anilines is 1. The van der Waals surface area contributed by atoms with Gasteiger partial charge in [-0.15, -0.1) is 17.4 Å². The summed E-state index contributed by atoms with van der Waals surface area (Å²) in [7, 11) is 1.55. The second-order valence-corrected chi connectivity index (χ2v) is 12.2. The molecule has 3 aromatic rings. The Balaban J connectivity index is 0.00000442. The molecule has 1 radical (unpaired) electrons. The second-order valence-electron chi connectivity index (χ2n) is 11.1. The Morgan fingerprint density at radius 3 is 2.64 bits per heavy atom. The fraction of sp³-hybridized carbons (Fsp3) is 0.406. The minimum absolute atomic E-state index is 0. The van der Waals surface area contributed by atoms with E-state index in [0.29, 0.717) is 48.2 Å². The molecule has 3 heterocycles. The van der Waals surface area contributed by atoms with Crippen LogP contribution in [0.25, 0.3) is 0 Å². The first kappa shape index (κ1) is 32.3. The predicted molar refractivity (Wildman–Crippen MR) is 167 cm³/mol. The number of aliphatic hydroxyl groups is 1. The number of aromatic nitrogens is 2. The van der Waals surface area contributed by atoms with E-state index in [2.05, 4.69) is 33.6 Å². The number of thiazole rings is 1. The predicted octanol–water partition coefficient (Wildman–Crippen LogP) is 4.44. The van der Waals surface area contributed by atoms with Crippen LogP contribution in [-0.4, -0.2) is 75.6 Å². The van der Waals surface area contributed by atoms with Gasteiger partial charge < -0.3 is 30.3 Å². The molecule has 2 aliphatic rings. The van der Waals surface area contributed by atoms with E-state index in [0.717, 1.165) is 10.6 Å². The standard InChI is InChI=1S/C32H39N6O4S.Lr/c1-6-28(39)38-13-12-37(17-21(38)4)18-26(32-35-16-27(43-32)22-9-10-22)42-25-14-20(3)23(15-24(25)30(40)33-5)31(41)36-29-19(2)8-7-11-34-29;/h6-8,11,14-17,21-22,26,28,39H,1,9-10,12-13,18H2,2-5H3,(H,33,40)(H,34,36,41);/q-1;/t21-,26?,28?;/m1./s1. The molecular weight excluding hydrogens is 826 g/mol. The average molecular weight is 866 g/mol. The molecule has 0 spiro atoms. The molecule has 1 saturated carbocycles. The number of hydrogen-bond acceptors (Lipinski definition) is 9. The number of hydrogen-bond donors (Lipinski definition) is 3. The van der Waals surface area contributed by atoms with Crippen molar-refractivity contribution < 1.29 is 19.4 Å². The van der Waals surface area contributed by atoms with Crippen molar-refractivity contribution in [1.29, 1.82) is 0 Å². The number of carbonyl (C=O) groups excluding carboxylic acids is 2. The monoisotopic (exact) mass is 865 g/mol. The third-order valence-electron chi connectivity index (χ3n) is 7.90.